The zero-order valence-corrected chi connectivity index (χ0v) is 8.50. The number of aliphatic hydroxyl groups excluding tert-OH is 1. The van der Waals surface area contributed by atoms with E-state index >= 15 is 0 Å². The second kappa shape index (κ2) is 3.89. The zero-order chi connectivity index (χ0) is 10.0. The Labute approximate surface area is 84.4 Å². The molecule has 1 saturated carbocycles. The summed E-state index contributed by atoms with van der Waals surface area (Å²) < 4.78 is 5.50. The second-order valence-electron chi connectivity index (χ2n) is 4.51. The second-order valence-corrected chi connectivity index (χ2v) is 4.51. The van der Waals surface area contributed by atoms with E-state index in [1.165, 1.54) is 6.42 Å². The van der Waals surface area contributed by atoms with Crippen LogP contribution in [0.4, 0.5) is 0 Å². The van der Waals surface area contributed by atoms with Gasteiger partial charge in [0.15, 0.2) is 0 Å². The highest BCUT2D eigenvalue weighted by molar-refractivity contribution is 5.73. The van der Waals surface area contributed by atoms with Gasteiger partial charge in [-0.25, -0.2) is 0 Å². The standard InChI is InChI=1S/C11H18O3/c12-7-4-9-8-10(13)14-11(9)5-2-1-3-6-11/h9,12H,1-8H2. The molecule has 80 valence electrons. The van der Waals surface area contributed by atoms with E-state index in [1.807, 2.05) is 0 Å². The molecule has 1 aliphatic carbocycles. The van der Waals surface area contributed by atoms with Crippen LogP contribution in [0.3, 0.4) is 0 Å². The summed E-state index contributed by atoms with van der Waals surface area (Å²) >= 11 is 0. The van der Waals surface area contributed by atoms with Gasteiger partial charge in [-0.15, -0.1) is 0 Å². The van der Waals surface area contributed by atoms with E-state index < -0.39 is 0 Å². The molecule has 1 spiro atoms. The molecule has 14 heavy (non-hydrogen) atoms. The van der Waals surface area contributed by atoms with Crippen molar-refractivity contribution in [3.63, 3.8) is 0 Å². The molecule has 2 rings (SSSR count). The summed E-state index contributed by atoms with van der Waals surface area (Å²) in [4.78, 5) is 11.3. The Bertz CT molecular complexity index is 219. The van der Waals surface area contributed by atoms with Crippen molar-refractivity contribution in [2.75, 3.05) is 6.61 Å². The molecule has 1 heterocycles. The molecule has 1 N–H and O–H groups in total. The van der Waals surface area contributed by atoms with Crippen LogP contribution in [-0.2, 0) is 9.53 Å². The third-order valence-electron chi connectivity index (χ3n) is 3.65. The maximum absolute atomic E-state index is 11.3. The summed E-state index contributed by atoms with van der Waals surface area (Å²) in [6.45, 7) is 0.170. The third-order valence-corrected chi connectivity index (χ3v) is 3.65. The lowest BCUT2D eigenvalue weighted by Crippen LogP contribution is -2.38. The molecule has 0 aromatic heterocycles. The summed E-state index contributed by atoms with van der Waals surface area (Å²) in [5, 5.41) is 8.96. The monoisotopic (exact) mass is 198 g/mol. The predicted octanol–water partition coefficient (Wildman–Crippen LogP) is 1.63. The van der Waals surface area contributed by atoms with Crippen LogP contribution in [0.25, 0.3) is 0 Å². The van der Waals surface area contributed by atoms with Gasteiger partial charge in [-0.1, -0.05) is 6.42 Å². The van der Waals surface area contributed by atoms with Crippen LogP contribution in [0.1, 0.15) is 44.9 Å². The topological polar surface area (TPSA) is 46.5 Å². The highest BCUT2D eigenvalue weighted by Gasteiger charge is 2.48. The Hall–Kier alpha value is -0.570. The van der Waals surface area contributed by atoms with Gasteiger partial charge < -0.3 is 9.84 Å². The molecule has 0 bridgehead atoms. The first-order valence-corrected chi connectivity index (χ1v) is 5.59. The first-order chi connectivity index (χ1) is 6.77. The van der Waals surface area contributed by atoms with E-state index in [2.05, 4.69) is 0 Å². The minimum Gasteiger partial charge on any atom is -0.459 e. The van der Waals surface area contributed by atoms with Crippen molar-refractivity contribution in [2.24, 2.45) is 5.92 Å². The number of carbonyl (C=O) groups excluding carboxylic acids is 1. The number of hydrogen-bond donors (Lipinski definition) is 1. The third kappa shape index (κ3) is 1.65. The van der Waals surface area contributed by atoms with Crippen LogP contribution < -0.4 is 0 Å². The molecule has 0 radical (unpaired) electrons. The fourth-order valence-electron chi connectivity index (χ4n) is 2.92. The van der Waals surface area contributed by atoms with Gasteiger partial charge in [0, 0.05) is 12.5 Å². The largest absolute Gasteiger partial charge is 0.459 e. The summed E-state index contributed by atoms with van der Waals surface area (Å²) in [7, 11) is 0. The van der Waals surface area contributed by atoms with Gasteiger partial charge >= 0.3 is 5.97 Å². The Balaban J connectivity index is 2.09. The molecule has 1 aliphatic heterocycles. The van der Waals surface area contributed by atoms with Gasteiger partial charge in [0.1, 0.15) is 5.60 Å². The van der Waals surface area contributed by atoms with Crippen LogP contribution in [0.5, 0.6) is 0 Å². The predicted molar refractivity (Wildman–Crippen MR) is 51.7 cm³/mol. The smallest absolute Gasteiger partial charge is 0.306 e. The lowest BCUT2D eigenvalue weighted by molar-refractivity contribution is -0.152. The van der Waals surface area contributed by atoms with Gasteiger partial charge in [-0.05, 0) is 32.1 Å². The van der Waals surface area contributed by atoms with Crippen molar-refractivity contribution in [2.45, 2.75) is 50.5 Å². The molecule has 1 atom stereocenters. The van der Waals surface area contributed by atoms with Crippen LogP contribution in [0.15, 0.2) is 0 Å². The van der Waals surface area contributed by atoms with Crippen molar-refractivity contribution >= 4 is 5.97 Å². The molecular formula is C11H18O3. The maximum Gasteiger partial charge on any atom is 0.306 e. The van der Waals surface area contributed by atoms with Crippen molar-refractivity contribution in [1.29, 1.82) is 0 Å². The average Bonchev–Trinajstić information content (AvgIpc) is 2.45. The van der Waals surface area contributed by atoms with Gasteiger partial charge in [-0.2, -0.15) is 0 Å². The number of rotatable bonds is 2. The van der Waals surface area contributed by atoms with Crippen LogP contribution >= 0.6 is 0 Å². The average molecular weight is 198 g/mol. The van der Waals surface area contributed by atoms with Gasteiger partial charge in [0.25, 0.3) is 0 Å². The summed E-state index contributed by atoms with van der Waals surface area (Å²) in [6, 6.07) is 0. The fourth-order valence-corrected chi connectivity index (χ4v) is 2.92. The van der Waals surface area contributed by atoms with E-state index in [9.17, 15) is 4.79 Å². The van der Waals surface area contributed by atoms with E-state index in [1.54, 1.807) is 0 Å². The van der Waals surface area contributed by atoms with E-state index in [-0.39, 0.29) is 24.1 Å². The first kappa shape index (κ1) is 9.97. The van der Waals surface area contributed by atoms with Gasteiger partial charge in [0.2, 0.25) is 0 Å². The molecule has 0 amide bonds. The summed E-state index contributed by atoms with van der Waals surface area (Å²) in [5.74, 6) is 0.200. The molecule has 3 heteroatoms. The molecule has 0 aromatic carbocycles. The molecular weight excluding hydrogens is 180 g/mol. The van der Waals surface area contributed by atoms with E-state index in [4.69, 9.17) is 9.84 Å². The molecule has 1 saturated heterocycles. The molecule has 3 nitrogen and oxygen atoms in total. The van der Waals surface area contributed by atoms with E-state index in [0.29, 0.717) is 12.8 Å². The summed E-state index contributed by atoms with van der Waals surface area (Å²) in [6.07, 6.45) is 6.81. The van der Waals surface area contributed by atoms with Crippen molar-refractivity contribution in [3.05, 3.63) is 0 Å². The number of ether oxygens (including phenoxy) is 1. The first-order valence-electron chi connectivity index (χ1n) is 5.59. The molecule has 1 unspecified atom stereocenters. The van der Waals surface area contributed by atoms with Crippen molar-refractivity contribution in [1.82, 2.24) is 0 Å². The quantitative estimate of drug-likeness (QED) is 0.686. The number of carbonyl (C=O) groups is 1. The van der Waals surface area contributed by atoms with Gasteiger partial charge in [-0.3, -0.25) is 4.79 Å². The Morgan fingerprint density at radius 2 is 2.07 bits per heavy atom. The van der Waals surface area contributed by atoms with Crippen molar-refractivity contribution in [3.8, 4) is 0 Å². The molecule has 0 aromatic rings. The minimum atomic E-state index is -0.196. The maximum atomic E-state index is 11.3. The van der Waals surface area contributed by atoms with Crippen molar-refractivity contribution < 1.29 is 14.6 Å². The normalized spacial score (nSPS) is 30.6. The summed E-state index contributed by atoms with van der Waals surface area (Å²) in [5.41, 5.74) is -0.196. The number of hydrogen-bond acceptors (Lipinski definition) is 3. The van der Waals surface area contributed by atoms with Crippen LogP contribution in [-0.4, -0.2) is 23.3 Å². The fraction of sp³-hybridized carbons (Fsp3) is 0.909. The van der Waals surface area contributed by atoms with Crippen LogP contribution in [0, 0.1) is 5.92 Å². The Morgan fingerprint density at radius 3 is 2.71 bits per heavy atom. The zero-order valence-electron chi connectivity index (χ0n) is 8.50. The number of aliphatic hydroxyl groups is 1. The van der Waals surface area contributed by atoms with Crippen LogP contribution in [0.2, 0.25) is 0 Å². The Kier molecular flexibility index (Phi) is 2.77. The highest BCUT2D eigenvalue weighted by Crippen LogP contribution is 2.45. The molecule has 2 fully saturated rings. The van der Waals surface area contributed by atoms with Gasteiger partial charge in [0.05, 0.1) is 6.42 Å². The Morgan fingerprint density at radius 1 is 1.36 bits per heavy atom. The lowest BCUT2D eigenvalue weighted by atomic mass is 9.75. The molecule has 2 aliphatic rings. The lowest BCUT2D eigenvalue weighted by Gasteiger charge is -2.36. The number of esters is 1. The highest BCUT2D eigenvalue weighted by atomic mass is 16.6. The SMILES string of the molecule is O=C1CC(CCO)C2(CCCCC2)O1. The minimum absolute atomic E-state index is 0.0645. The van der Waals surface area contributed by atoms with E-state index in [0.717, 1.165) is 25.7 Å².